The monoisotopic (exact) mass is 505 g/mol. The van der Waals surface area contributed by atoms with Gasteiger partial charge in [-0.2, -0.15) is 0 Å². The number of methoxy groups -OCH3 is 3. The zero-order valence-electron chi connectivity index (χ0n) is 22.2. The molecule has 0 saturated carbocycles. The minimum atomic E-state index is -0.569. The van der Waals surface area contributed by atoms with E-state index in [0.717, 1.165) is 29.7 Å². The standard InChI is InChI=1S/C30H35NO6/c1-6-7-14-37-30(33)27-18(2)31-22-15-20(19-12-13-25(35-4)26(17-19)36-5)16-23(32)29(22)28(27)21-10-8-9-11-24(21)34-3/h8-13,17,20,28,31H,6-7,14-16H2,1-5H3/t20-,28+/m0/s1. The minimum Gasteiger partial charge on any atom is -0.496 e. The van der Waals surface area contributed by atoms with Crippen LogP contribution in [-0.4, -0.2) is 39.7 Å². The van der Waals surface area contributed by atoms with Gasteiger partial charge in [-0.3, -0.25) is 4.79 Å². The van der Waals surface area contributed by atoms with Crippen molar-refractivity contribution in [2.75, 3.05) is 27.9 Å². The summed E-state index contributed by atoms with van der Waals surface area (Å²) < 4.78 is 22.2. The Morgan fingerprint density at radius 3 is 2.41 bits per heavy atom. The van der Waals surface area contributed by atoms with Gasteiger partial charge in [0.1, 0.15) is 5.75 Å². The van der Waals surface area contributed by atoms with E-state index in [2.05, 4.69) is 5.32 Å². The number of carbonyl (C=O) groups excluding carboxylic acids is 2. The Labute approximate surface area is 218 Å². The highest BCUT2D eigenvalue weighted by molar-refractivity contribution is 6.04. The second kappa shape index (κ2) is 11.5. The summed E-state index contributed by atoms with van der Waals surface area (Å²) in [6.45, 7) is 4.25. The van der Waals surface area contributed by atoms with Crippen molar-refractivity contribution in [1.29, 1.82) is 0 Å². The molecule has 0 unspecified atom stereocenters. The largest absolute Gasteiger partial charge is 0.496 e. The lowest BCUT2D eigenvalue weighted by Gasteiger charge is -2.37. The van der Waals surface area contributed by atoms with Gasteiger partial charge in [0.2, 0.25) is 0 Å². The van der Waals surface area contributed by atoms with Gasteiger partial charge in [-0.25, -0.2) is 4.79 Å². The number of allylic oxidation sites excluding steroid dienone is 3. The third kappa shape index (κ3) is 5.22. The molecule has 0 spiro atoms. The van der Waals surface area contributed by atoms with Gasteiger partial charge in [-0.15, -0.1) is 0 Å². The SMILES string of the molecule is CCCCOC(=O)C1=C(C)NC2=C(C(=O)C[C@@H](c3ccc(OC)c(OC)c3)C2)[C@@H]1c1ccccc1OC. The van der Waals surface area contributed by atoms with E-state index in [4.69, 9.17) is 18.9 Å². The molecular formula is C30H35NO6. The number of hydrogen-bond donors (Lipinski definition) is 1. The van der Waals surface area contributed by atoms with Crippen LogP contribution in [0.1, 0.15) is 62.5 Å². The first-order valence-corrected chi connectivity index (χ1v) is 12.7. The summed E-state index contributed by atoms with van der Waals surface area (Å²) in [5.74, 6) is 0.881. The summed E-state index contributed by atoms with van der Waals surface area (Å²) >= 11 is 0. The number of unbranched alkanes of at least 4 members (excludes halogenated alkanes) is 1. The first kappa shape index (κ1) is 26.3. The molecule has 37 heavy (non-hydrogen) atoms. The fourth-order valence-corrected chi connectivity index (χ4v) is 5.25. The predicted molar refractivity (Wildman–Crippen MR) is 141 cm³/mol. The highest BCUT2D eigenvalue weighted by atomic mass is 16.5. The average molecular weight is 506 g/mol. The molecule has 1 heterocycles. The van der Waals surface area contributed by atoms with Crippen LogP contribution in [0.2, 0.25) is 0 Å². The lowest BCUT2D eigenvalue weighted by atomic mass is 9.71. The van der Waals surface area contributed by atoms with E-state index in [1.807, 2.05) is 56.3 Å². The topological polar surface area (TPSA) is 83.1 Å². The Morgan fingerprint density at radius 1 is 0.973 bits per heavy atom. The molecule has 196 valence electrons. The molecule has 2 aromatic rings. The smallest absolute Gasteiger partial charge is 0.336 e. The van der Waals surface area contributed by atoms with E-state index >= 15 is 0 Å². The fourth-order valence-electron chi connectivity index (χ4n) is 5.25. The van der Waals surface area contributed by atoms with Crippen LogP contribution in [0.3, 0.4) is 0 Å². The lowest BCUT2D eigenvalue weighted by Crippen LogP contribution is -2.36. The lowest BCUT2D eigenvalue weighted by molar-refractivity contribution is -0.139. The van der Waals surface area contributed by atoms with E-state index in [9.17, 15) is 9.59 Å². The number of benzene rings is 2. The molecule has 1 N–H and O–H groups in total. The van der Waals surface area contributed by atoms with E-state index < -0.39 is 11.9 Å². The molecule has 1 aliphatic heterocycles. The number of ketones is 1. The van der Waals surface area contributed by atoms with Gasteiger partial charge in [0, 0.05) is 29.0 Å². The summed E-state index contributed by atoms with van der Waals surface area (Å²) in [5, 5.41) is 3.40. The number of para-hydroxylation sites is 1. The van der Waals surface area contributed by atoms with Gasteiger partial charge in [0.25, 0.3) is 0 Å². The third-order valence-corrected chi connectivity index (χ3v) is 7.11. The van der Waals surface area contributed by atoms with Gasteiger partial charge >= 0.3 is 5.97 Å². The molecule has 2 atom stereocenters. The number of ether oxygens (including phenoxy) is 4. The number of rotatable bonds is 9. The fraction of sp³-hybridized carbons (Fsp3) is 0.400. The number of hydrogen-bond acceptors (Lipinski definition) is 7. The van der Waals surface area contributed by atoms with Crippen LogP contribution in [0.4, 0.5) is 0 Å². The normalized spacial score (nSPS) is 19.2. The van der Waals surface area contributed by atoms with Crippen LogP contribution in [0.15, 0.2) is 65.0 Å². The molecule has 1 aliphatic carbocycles. The van der Waals surface area contributed by atoms with Crippen molar-refractivity contribution in [2.24, 2.45) is 0 Å². The molecule has 0 saturated heterocycles. The van der Waals surface area contributed by atoms with Crippen molar-refractivity contribution in [3.63, 3.8) is 0 Å². The highest BCUT2D eigenvalue weighted by Gasteiger charge is 2.42. The van der Waals surface area contributed by atoms with Crippen LogP contribution in [-0.2, 0) is 14.3 Å². The minimum absolute atomic E-state index is 0.00389. The Balaban J connectivity index is 1.77. The van der Waals surface area contributed by atoms with Gasteiger partial charge in [-0.1, -0.05) is 37.6 Å². The summed E-state index contributed by atoms with van der Waals surface area (Å²) in [6.07, 6.45) is 2.64. The van der Waals surface area contributed by atoms with Crippen molar-refractivity contribution in [2.45, 2.75) is 51.4 Å². The van der Waals surface area contributed by atoms with E-state index in [0.29, 0.717) is 53.5 Å². The van der Waals surface area contributed by atoms with Crippen LogP contribution < -0.4 is 19.5 Å². The predicted octanol–water partition coefficient (Wildman–Crippen LogP) is 5.42. The van der Waals surface area contributed by atoms with Gasteiger partial charge in [-0.05, 0) is 49.4 Å². The highest BCUT2D eigenvalue weighted by Crippen LogP contribution is 2.48. The van der Waals surface area contributed by atoms with E-state index in [1.165, 1.54) is 0 Å². The Bertz CT molecular complexity index is 1240. The number of dihydropyridines is 1. The molecule has 0 aromatic heterocycles. The van der Waals surface area contributed by atoms with Crippen LogP contribution >= 0.6 is 0 Å². The van der Waals surface area contributed by atoms with E-state index in [1.54, 1.807) is 21.3 Å². The zero-order chi connectivity index (χ0) is 26.5. The summed E-state index contributed by atoms with van der Waals surface area (Å²) in [4.78, 5) is 27.2. The zero-order valence-corrected chi connectivity index (χ0v) is 22.2. The molecule has 7 nitrogen and oxygen atoms in total. The Hall–Kier alpha value is -3.74. The second-order valence-electron chi connectivity index (χ2n) is 9.36. The van der Waals surface area contributed by atoms with Crippen molar-refractivity contribution < 1.29 is 28.5 Å². The Morgan fingerprint density at radius 2 is 1.70 bits per heavy atom. The molecule has 0 fully saturated rings. The number of carbonyl (C=O) groups is 2. The van der Waals surface area contributed by atoms with Crippen molar-refractivity contribution in [3.05, 3.63) is 76.1 Å². The molecule has 4 rings (SSSR count). The summed E-state index contributed by atoms with van der Waals surface area (Å²) in [5.41, 5.74) is 4.36. The van der Waals surface area contributed by atoms with Crippen LogP contribution in [0.5, 0.6) is 17.2 Å². The van der Waals surface area contributed by atoms with Crippen molar-refractivity contribution in [3.8, 4) is 17.2 Å². The summed E-state index contributed by atoms with van der Waals surface area (Å²) in [7, 11) is 4.80. The maximum atomic E-state index is 13.8. The maximum absolute atomic E-state index is 13.8. The molecule has 7 heteroatoms. The summed E-state index contributed by atoms with van der Waals surface area (Å²) in [6, 6.07) is 13.3. The third-order valence-electron chi connectivity index (χ3n) is 7.11. The van der Waals surface area contributed by atoms with Crippen molar-refractivity contribution in [1.82, 2.24) is 5.32 Å². The Kier molecular flexibility index (Phi) is 8.21. The average Bonchev–Trinajstić information content (AvgIpc) is 2.91. The second-order valence-corrected chi connectivity index (χ2v) is 9.36. The van der Waals surface area contributed by atoms with Crippen LogP contribution in [0.25, 0.3) is 0 Å². The van der Waals surface area contributed by atoms with E-state index in [-0.39, 0.29) is 11.7 Å². The molecule has 0 radical (unpaired) electrons. The number of esters is 1. The first-order valence-electron chi connectivity index (χ1n) is 12.7. The van der Waals surface area contributed by atoms with Gasteiger partial charge in [0.05, 0.1) is 39.4 Å². The number of Topliss-reactive ketones (excluding diaryl/α,β-unsaturated/α-hetero) is 1. The van der Waals surface area contributed by atoms with Gasteiger partial charge in [0.15, 0.2) is 17.3 Å². The van der Waals surface area contributed by atoms with Gasteiger partial charge < -0.3 is 24.3 Å². The molecule has 2 aromatic carbocycles. The quantitative estimate of drug-likeness (QED) is 0.360. The molecule has 0 bridgehead atoms. The molecular weight excluding hydrogens is 470 g/mol. The molecule has 2 aliphatic rings. The van der Waals surface area contributed by atoms with Crippen molar-refractivity contribution >= 4 is 11.8 Å². The molecule has 0 amide bonds. The maximum Gasteiger partial charge on any atom is 0.336 e. The first-order chi connectivity index (χ1) is 17.9. The number of nitrogens with one attached hydrogen (secondary N) is 1. The van der Waals surface area contributed by atoms with Crippen LogP contribution in [0, 0.1) is 0 Å².